The minimum atomic E-state index is -3.69. The Kier molecular flexibility index (Phi) is 3.53. The van der Waals surface area contributed by atoms with Crippen molar-refractivity contribution in [1.29, 1.82) is 0 Å². The van der Waals surface area contributed by atoms with Crippen molar-refractivity contribution in [2.75, 3.05) is 7.11 Å². The number of rotatable bonds is 3. The van der Waals surface area contributed by atoms with Crippen molar-refractivity contribution in [3.8, 4) is 0 Å². The highest BCUT2D eigenvalue weighted by molar-refractivity contribution is 8.13. The molecule has 0 unspecified atom stereocenters. The highest BCUT2D eigenvalue weighted by Crippen LogP contribution is 2.21. The first-order valence-corrected chi connectivity index (χ1v) is 6.29. The molecule has 1 aromatic carbocycles. The molecule has 0 atom stereocenters. The lowest BCUT2D eigenvalue weighted by Gasteiger charge is -2.06. The molecule has 1 rings (SSSR count). The van der Waals surface area contributed by atoms with Gasteiger partial charge in [0.15, 0.2) is 0 Å². The van der Waals surface area contributed by atoms with E-state index in [1.165, 1.54) is 13.2 Å². The van der Waals surface area contributed by atoms with Crippen LogP contribution in [0.25, 0.3) is 0 Å². The Labute approximate surface area is 88.1 Å². The molecule has 0 heterocycles. The molecule has 14 heavy (non-hydrogen) atoms. The fourth-order valence-electron chi connectivity index (χ4n) is 1.16. The number of hydrogen-bond acceptors (Lipinski definition) is 3. The molecule has 0 saturated carbocycles. The summed E-state index contributed by atoms with van der Waals surface area (Å²) in [5.74, 6) is 0. The SMILES string of the molecule is COCc1ccc(C)cc1S(=O)(=O)Cl. The molecule has 0 radical (unpaired) electrons. The van der Waals surface area contributed by atoms with Crippen LogP contribution in [0, 0.1) is 6.92 Å². The quantitative estimate of drug-likeness (QED) is 0.752. The second-order valence-corrected chi connectivity index (χ2v) is 5.52. The van der Waals surface area contributed by atoms with Crippen molar-refractivity contribution >= 4 is 19.7 Å². The van der Waals surface area contributed by atoms with Crippen LogP contribution in [0.2, 0.25) is 0 Å². The maximum Gasteiger partial charge on any atom is 0.261 e. The van der Waals surface area contributed by atoms with Gasteiger partial charge >= 0.3 is 0 Å². The van der Waals surface area contributed by atoms with Gasteiger partial charge in [0.2, 0.25) is 0 Å². The average molecular weight is 235 g/mol. The highest BCUT2D eigenvalue weighted by Gasteiger charge is 2.15. The first-order chi connectivity index (χ1) is 6.45. The van der Waals surface area contributed by atoms with E-state index in [4.69, 9.17) is 15.4 Å². The maximum absolute atomic E-state index is 11.2. The lowest BCUT2D eigenvalue weighted by Crippen LogP contribution is -1.99. The lowest BCUT2D eigenvalue weighted by atomic mass is 10.2. The zero-order valence-electron chi connectivity index (χ0n) is 7.95. The Morgan fingerprint density at radius 3 is 2.57 bits per heavy atom. The largest absolute Gasteiger partial charge is 0.380 e. The number of benzene rings is 1. The Bertz CT molecular complexity index is 426. The normalized spacial score (nSPS) is 11.6. The van der Waals surface area contributed by atoms with Crippen molar-refractivity contribution in [1.82, 2.24) is 0 Å². The Hall–Kier alpha value is -0.580. The molecule has 0 aromatic heterocycles. The third-order valence-corrected chi connectivity index (χ3v) is 3.19. The fourth-order valence-corrected chi connectivity index (χ4v) is 2.36. The molecular formula is C9H11ClO3S. The molecule has 5 heteroatoms. The van der Waals surface area contributed by atoms with E-state index in [1.807, 2.05) is 13.0 Å². The minimum Gasteiger partial charge on any atom is -0.380 e. The molecule has 3 nitrogen and oxygen atoms in total. The molecular weight excluding hydrogens is 224 g/mol. The summed E-state index contributed by atoms with van der Waals surface area (Å²) in [7, 11) is 3.11. The second kappa shape index (κ2) is 4.29. The zero-order valence-corrected chi connectivity index (χ0v) is 9.52. The van der Waals surface area contributed by atoms with Crippen LogP contribution in [0.5, 0.6) is 0 Å². The van der Waals surface area contributed by atoms with Crippen molar-refractivity contribution < 1.29 is 13.2 Å². The van der Waals surface area contributed by atoms with Gasteiger partial charge in [-0.2, -0.15) is 0 Å². The Morgan fingerprint density at radius 1 is 1.43 bits per heavy atom. The summed E-state index contributed by atoms with van der Waals surface area (Å²) in [4.78, 5) is 0.126. The predicted molar refractivity (Wildman–Crippen MR) is 54.9 cm³/mol. The lowest BCUT2D eigenvalue weighted by molar-refractivity contribution is 0.182. The van der Waals surface area contributed by atoms with Gasteiger partial charge in [0, 0.05) is 17.8 Å². The number of ether oxygens (including phenoxy) is 1. The fraction of sp³-hybridized carbons (Fsp3) is 0.333. The van der Waals surface area contributed by atoms with E-state index >= 15 is 0 Å². The molecule has 0 aliphatic carbocycles. The van der Waals surface area contributed by atoms with Gasteiger partial charge in [0.1, 0.15) is 0 Å². The highest BCUT2D eigenvalue weighted by atomic mass is 35.7. The Morgan fingerprint density at radius 2 is 2.07 bits per heavy atom. The predicted octanol–water partition coefficient (Wildman–Crippen LogP) is 2.07. The van der Waals surface area contributed by atoms with E-state index in [2.05, 4.69) is 0 Å². The van der Waals surface area contributed by atoms with Gasteiger partial charge in [-0.05, 0) is 24.1 Å². The summed E-state index contributed by atoms with van der Waals surface area (Å²) >= 11 is 0. The average Bonchev–Trinajstić information content (AvgIpc) is 2.07. The van der Waals surface area contributed by atoms with Crippen LogP contribution in [-0.4, -0.2) is 15.5 Å². The third kappa shape index (κ3) is 2.70. The van der Waals surface area contributed by atoms with Crippen LogP contribution >= 0.6 is 10.7 Å². The van der Waals surface area contributed by atoms with Gasteiger partial charge in [-0.15, -0.1) is 0 Å². The van der Waals surface area contributed by atoms with Crippen LogP contribution in [0.15, 0.2) is 23.1 Å². The monoisotopic (exact) mass is 234 g/mol. The van der Waals surface area contributed by atoms with Crippen molar-refractivity contribution in [3.05, 3.63) is 29.3 Å². The van der Waals surface area contributed by atoms with Crippen molar-refractivity contribution in [2.45, 2.75) is 18.4 Å². The van der Waals surface area contributed by atoms with Crippen LogP contribution in [-0.2, 0) is 20.4 Å². The van der Waals surface area contributed by atoms with E-state index in [0.29, 0.717) is 5.56 Å². The van der Waals surface area contributed by atoms with Crippen LogP contribution in [0.4, 0.5) is 0 Å². The molecule has 0 saturated heterocycles. The van der Waals surface area contributed by atoms with Gasteiger partial charge in [0.05, 0.1) is 11.5 Å². The molecule has 1 aromatic rings. The van der Waals surface area contributed by atoms with Crippen molar-refractivity contribution in [2.24, 2.45) is 0 Å². The van der Waals surface area contributed by atoms with Gasteiger partial charge in [0.25, 0.3) is 9.05 Å². The molecule has 0 fully saturated rings. The van der Waals surface area contributed by atoms with Crippen LogP contribution < -0.4 is 0 Å². The first kappa shape index (κ1) is 11.5. The van der Waals surface area contributed by atoms with Gasteiger partial charge in [-0.3, -0.25) is 0 Å². The smallest absolute Gasteiger partial charge is 0.261 e. The minimum absolute atomic E-state index is 0.126. The number of halogens is 1. The standard InChI is InChI=1S/C9H11ClO3S/c1-7-3-4-8(6-13-2)9(5-7)14(10,11)12/h3-5H,6H2,1-2H3. The van der Waals surface area contributed by atoms with E-state index in [-0.39, 0.29) is 11.5 Å². The molecule has 0 aliphatic rings. The number of methoxy groups -OCH3 is 1. The summed E-state index contributed by atoms with van der Waals surface area (Å²) in [6.45, 7) is 2.05. The number of aryl methyl sites for hydroxylation is 1. The van der Waals surface area contributed by atoms with Gasteiger partial charge < -0.3 is 4.74 Å². The maximum atomic E-state index is 11.2. The summed E-state index contributed by atoms with van der Waals surface area (Å²) in [6, 6.07) is 5.06. The zero-order chi connectivity index (χ0) is 10.8. The van der Waals surface area contributed by atoms with Crippen molar-refractivity contribution in [3.63, 3.8) is 0 Å². The summed E-state index contributed by atoms with van der Waals surface area (Å²) < 4.78 is 27.3. The van der Waals surface area contributed by atoms with Crippen LogP contribution in [0.3, 0.4) is 0 Å². The van der Waals surface area contributed by atoms with Gasteiger partial charge in [-0.1, -0.05) is 12.1 Å². The third-order valence-electron chi connectivity index (χ3n) is 1.79. The first-order valence-electron chi connectivity index (χ1n) is 3.98. The van der Waals surface area contributed by atoms with E-state index < -0.39 is 9.05 Å². The molecule has 0 aliphatic heterocycles. The van der Waals surface area contributed by atoms with Crippen LogP contribution in [0.1, 0.15) is 11.1 Å². The molecule has 78 valence electrons. The molecule has 0 amide bonds. The van der Waals surface area contributed by atoms with E-state index in [1.54, 1.807) is 6.07 Å². The molecule has 0 spiro atoms. The van der Waals surface area contributed by atoms with E-state index in [9.17, 15) is 8.42 Å². The summed E-state index contributed by atoms with van der Waals surface area (Å²) in [5, 5.41) is 0. The Balaban J connectivity index is 3.30. The topological polar surface area (TPSA) is 43.4 Å². The molecule has 0 N–H and O–H groups in total. The number of hydrogen-bond donors (Lipinski definition) is 0. The molecule has 0 bridgehead atoms. The summed E-state index contributed by atoms with van der Waals surface area (Å²) in [6.07, 6.45) is 0. The second-order valence-electron chi connectivity index (χ2n) is 2.98. The summed E-state index contributed by atoms with van der Waals surface area (Å²) in [5.41, 5.74) is 1.43. The van der Waals surface area contributed by atoms with E-state index in [0.717, 1.165) is 5.56 Å². The van der Waals surface area contributed by atoms with Gasteiger partial charge in [-0.25, -0.2) is 8.42 Å².